The Hall–Kier alpha value is -1.64. The summed E-state index contributed by atoms with van der Waals surface area (Å²) in [5.41, 5.74) is 3.48. The molecule has 25 heavy (non-hydrogen) atoms. The van der Waals surface area contributed by atoms with E-state index >= 15 is 0 Å². The fourth-order valence-corrected chi connectivity index (χ4v) is 4.51. The van der Waals surface area contributed by atoms with E-state index in [2.05, 4.69) is 48.7 Å². The quantitative estimate of drug-likeness (QED) is 0.608. The van der Waals surface area contributed by atoms with E-state index in [4.69, 9.17) is 27.9 Å². The van der Waals surface area contributed by atoms with Gasteiger partial charge in [0.2, 0.25) is 0 Å². The van der Waals surface area contributed by atoms with Crippen molar-refractivity contribution in [1.82, 2.24) is 0 Å². The lowest BCUT2D eigenvalue weighted by atomic mass is 9.77. The number of hydrogen-bond acceptors (Lipinski definition) is 2. The summed E-state index contributed by atoms with van der Waals surface area (Å²) in [4.78, 5) is 0. The average Bonchev–Trinajstić information content (AvgIpc) is 3.10. The van der Waals surface area contributed by atoms with E-state index in [0.29, 0.717) is 21.9 Å². The molecule has 0 spiro atoms. The first-order chi connectivity index (χ1) is 12.2. The lowest BCUT2D eigenvalue weighted by Gasteiger charge is -2.38. The number of halogens is 2. The molecule has 4 rings (SSSR count). The van der Waals surface area contributed by atoms with Crippen molar-refractivity contribution in [1.29, 1.82) is 0 Å². The van der Waals surface area contributed by atoms with E-state index in [0.717, 1.165) is 30.9 Å². The zero-order valence-corrected chi connectivity index (χ0v) is 15.6. The highest BCUT2D eigenvalue weighted by Crippen LogP contribution is 2.52. The number of benzene rings is 2. The zero-order valence-electron chi connectivity index (χ0n) is 14.1. The summed E-state index contributed by atoms with van der Waals surface area (Å²) in [5.74, 6) is 1.76. The smallest absolute Gasteiger partial charge is 0.119 e. The number of rotatable bonds is 4. The number of ether oxygens (including phenoxy) is 1. The summed E-state index contributed by atoms with van der Waals surface area (Å²) in [5, 5.41) is 5.06. The summed E-state index contributed by atoms with van der Waals surface area (Å²) in [6.45, 7) is 2.86. The Morgan fingerprint density at radius 2 is 1.96 bits per heavy atom. The molecule has 0 bridgehead atoms. The Balaban J connectivity index is 1.67. The molecule has 1 heterocycles. The van der Waals surface area contributed by atoms with Crippen LogP contribution in [-0.2, 0) is 0 Å². The Kier molecular flexibility index (Phi) is 4.66. The van der Waals surface area contributed by atoms with Gasteiger partial charge in [-0.1, -0.05) is 54.4 Å². The Labute approximate surface area is 158 Å². The number of allylic oxidation sites excluding steroid dienone is 2. The van der Waals surface area contributed by atoms with Crippen LogP contribution in [0.3, 0.4) is 0 Å². The highest BCUT2D eigenvalue weighted by Gasteiger charge is 2.38. The molecule has 0 saturated carbocycles. The SMILES string of the molecule is CCCOc1ccc([C@@H]2Nc3c(Cl)cc(Cl)cc3[C@@H]3C=CC[C@@H]32)cc1. The van der Waals surface area contributed by atoms with Gasteiger partial charge in [-0.3, -0.25) is 0 Å². The highest BCUT2D eigenvalue weighted by atomic mass is 35.5. The molecule has 2 aromatic carbocycles. The van der Waals surface area contributed by atoms with Crippen molar-refractivity contribution in [2.75, 3.05) is 11.9 Å². The number of nitrogens with one attached hydrogen (secondary N) is 1. The molecule has 4 heteroatoms. The molecule has 2 nitrogen and oxygen atoms in total. The predicted molar refractivity (Wildman–Crippen MR) is 105 cm³/mol. The third-order valence-corrected chi connectivity index (χ3v) is 5.61. The van der Waals surface area contributed by atoms with Gasteiger partial charge in [-0.05, 0) is 54.2 Å². The Bertz CT molecular complexity index is 800. The largest absolute Gasteiger partial charge is 0.494 e. The van der Waals surface area contributed by atoms with Gasteiger partial charge in [0, 0.05) is 10.9 Å². The molecule has 1 aliphatic carbocycles. The van der Waals surface area contributed by atoms with Crippen molar-refractivity contribution >= 4 is 28.9 Å². The molecule has 0 unspecified atom stereocenters. The van der Waals surface area contributed by atoms with Crippen molar-refractivity contribution in [2.24, 2.45) is 5.92 Å². The first-order valence-corrected chi connectivity index (χ1v) is 9.58. The van der Waals surface area contributed by atoms with Crippen LogP contribution in [0.4, 0.5) is 5.69 Å². The van der Waals surface area contributed by atoms with Crippen LogP contribution in [0.2, 0.25) is 10.0 Å². The Morgan fingerprint density at radius 1 is 1.16 bits per heavy atom. The van der Waals surface area contributed by atoms with Crippen LogP contribution < -0.4 is 10.1 Å². The van der Waals surface area contributed by atoms with Gasteiger partial charge < -0.3 is 10.1 Å². The second kappa shape index (κ2) is 6.93. The van der Waals surface area contributed by atoms with Crippen molar-refractivity contribution in [3.8, 4) is 5.75 Å². The van der Waals surface area contributed by atoms with Crippen LogP contribution in [0.1, 0.15) is 42.9 Å². The molecule has 0 aromatic heterocycles. The molecular formula is C21H21Cl2NO. The first-order valence-electron chi connectivity index (χ1n) is 8.82. The third-order valence-electron chi connectivity index (χ3n) is 5.10. The molecule has 0 radical (unpaired) electrons. The molecule has 3 atom stereocenters. The van der Waals surface area contributed by atoms with Crippen LogP contribution in [0, 0.1) is 5.92 Å². The van der Waals surface area contributed by atoms with Crippen LogP contribution >= 0.6 is 23.2 Å². The second-order valence-electron chi connectivity index (χ2n) is 6.74. The van der Waals surface area contributed by atoms with E-state index in [9.17, 15) is 0 Å². The minimum absolute atomic E-state index is 0.228. The van der Waals surface area contributed by atoms with Gasteiger partial charge in [-0.2, -0.15) is 0 Å². The molecule has 0 amide bonds. The van der Waals surface area contributed by atoms with Crippen LogP contribution in [0.5, 0.6) is 5.75 Å². The van der Waals surface area contributed by atoms with Crippen molar-refractivity contribution in [3.05, 3.63) is 69.7 Å². The topological polar surface area (TPSA) is 21.3 Å². The third kappa shape index (κ3) is 3.14. The van der Waals surface area contributed by atoms with E-state index in [-0.39, 0.29) is 6.04 Å². The monoisotopic (exact) mass is 373 g/mol. The lowest BCUT2D eigenvalue weighted by molar-refractivity contribution is 0.317. The van der Waals surface area contributed by atoms with Crippen molar-refractivity contribution in [2.45, 2.75) is 31.7 Å². The van der Waals surface area contributed by atoms with Crippen molar-refractivity contribution < 1.29 is 4.74 Å². The normalized spacial score (nSPS) is 23.7. The maximum absolute atomic E-state index is 6.48. The summed E-state index contributed by atoms with van der Waals surface area (Å²) in [6, 6.07) is 12.5. The number of anilines is 1. The lowest BCUT2D eigenvalue weighted by Crippen LogP contribution is -2.29. The summed E-state index contributed by atoms with van der Waals surface area (Å²) in [6.07, 6.45) is 6.63. The molecule has 2 aromatic rings. The van der Waals surface area contributed by atoms with Crippen molar-refractivity contribution in [3.63, 3.8) is 0 Å². The minimum atomic E-state index is 0.228. The average molecular weight is 374 g/mol. The second-order valence-corrected chi connectivity index (χ2v) is 7.59. The molecule has 130 valence electrons. The summed E-state index contributed by atoms with van der Waals surface area (Å²) in [7, 11) is 0. The maximum Gasteiger partial charge on any atom is 0.119 e. The van der Waals surface area contributed by atoms with Gasteiger partial charge in [-0.15, -0.1) is 0 Å². The predicted octanol–water partition coefficient (Wildman–Crippen LogP) is 6.61. The number of fused-ring (bicyclic) bond motifs is 3. The molecule has 0 saturated heterocycles. The molecule has 1 N–H and O–H groups in total. The van der Waals surface area contributed by atoms with Gasteiger partial charge >= 0.3 is 0 Å². The van der Waals surface area contributed by atoms with Gasteiger partial charge in [0.15, 0.2) is 0 Å². The minimum Gasteiger partial charge on any atom is -0.494 e. The van der Waals surface area contributed by atoms with E-state index in [1.807, 2.05) is 12.1 Å². The van der Waals surface area contributed by atoms with E-state index in [1.54, 1.807) is 0 Å². The summed E-state index contributed by atoms with van der Waals surface area (Å²) >= 11 is 12.7. The first kappa shape index (κ1) is 16.8. The van der Waals surface area contributed by atoms with Crippen LogP contribution in [0.15, 0.2) is 48.6 Å². The molecule has 0 fully saturated rings. The highest BCUT2D eigenvalue weighted by molar-refractivity contribution is 6.36. The van der Waals surface area contributed by atoms with E-state index < -0.39 is 0 Å². The number of hydrogen-bond donors (Lipinski definition) is 1. The van der Waals surface area contributed by atoms with Gasteiger partial charge in [-0.25, -0.2) is 0 Å². The standard InChI is InChI=1S/C21H21Cl2NO/c1-2-10-25-15-8-6-13(7-9-15)20-17-5-3-4-16(17)18-11-14(22)12-19(23)21(18)24-20/h3-4,6-9,11-12,16-17,20,24H,2,5,10H2,1H3/t16-,17+,20+/m1/s1. The van der Waals surface area contributed by atoms with Crippen LogP contribution in [-0.4, -0.2) is 6.61 Å². The Morgan fingerprint density at radius 3 is 2.72 bits per heavy atom. The maximum atomic E-state index is 6.48. The van der Waals surface area contributed by atoms with Gasteiger partial charge in [0.25, 0.3) is 0 Å². The van der Waals surface area contributed by atoms with Gasteiger partial charge in [0.1, 0.15) is 5.75 Å². The van der Waals surface area contributed by atoms with Crippen LogP contribution in [0.25, 0.3) is 0 Å². The van der Waals surface area contributed by atoms with Gasteiger partial charge in [0.05, 0.1) is 23.4 Å². The fraction of sp³-hybridized carbons (Fsp3) is 0.333. The molecule has 1 aliphatic heterocycles. The fourth-order valence-electron chi connectivity index (χ4n) is 3.94. The summed E-state index contributed by atoms with van der Waals surface area (Å²) < 4.78 is 5.70. The molecular weight excluding hydrogens is 353 g/mol. The van der Waals surface area contributed by atoms with E-state index in [1.165, 1.54) is 11.1 Å². The zero-order chi connectivity index (χ0) is 17.4. The molecule has 2 aliphatic rings.